The number of carbonyl (C=O) groups is 2. The van der Waals surface area contributed by atoms with Crippen molar-refractivity contribution in [1.29, 1.82) is 0 Å². The summed E-state index contributed by atoms with van der Waals surface area (Å²) in [6, 6.07) is 3.95. The Morgan fingerprint density at radius 1 is 1.40 bits per heavy atom. The second kappa shape index (κ2) is 6.49. The molecule has 1 aromatic rings. The van der Waals surface area contributed by atoms with E-state index in [0.717, 1.165) is 6.07 Å². The van der Waals surface area contributed by atoms with Crippen molar-refractivity contribution in [1.82, 2.24) is 4.72 Å². The SMILES string of the molecule is CCC(NS(=O)(=O)c1cccc(C(=O)OC)c1)C(=O)O. The fourth-order valence-corrected chi connectivity index (χ4v) is 2.79. The summed E-state index contributed by atoms with van der Waals surface area (Å²) in [7, 11) is -2.84. The van der Waals surface area contributed by atoms with Gasteiger partial charge in [0.2, 0.25) is 10.0 Å². The van der Waals surface area contributed by atoms with Crippen LogP contribution >= 0.6 is 0 Å². The Labute approximate surface area is 116 Å². The van der Waals surface area contributed by atoms with E-state index in [-0.39, 0.29) is 16.9 Å². The Morgan fingerprint density at radius 3 is 2.55 bits per heavy atom. The first-order valence-corrected chi connectivity index (χ1v) is 7.23. The van der Waals surface area contributed by atoms with Crippen LogP contribution in [-0.2, 0) is 19.6 Å². The van der Waals surface area contributed by atoms with E-state index >= 15 is 0 Å². The molecule has 0 aliphatic rings. The number of carbonyl (C=O) groups excluding carboxylic acids is 1. The van der Waals surface area contributed by atoms with Crippen LogP contribution in [0.15, 0.2) is 29.2 Å². The van der Waals surface area contributed by atoms with Crippen LogP contribution in [0, 0.1) is 0 Å². The quantitative estimate of drug-likeness (QED) is 0.745. The van der Waals surface area contributed by atoms with Crippen molar-refractivity contribution in [3.63, 3.8) is 0 Å². The van der Waals surface area contributed by atoms with E-state index in [4.69, 9.17) is 5.11 Å². The fourth-order valence-electron chi connectivity index (χ4n) is 1.47. The molecule has 0 aliphatic heterocycles. The third-order valence-corrected chi connectivity index (χ3v) is 4.04. The lowest BCUT2D eigenvalue weighted by Crippen LogP contribution is -2.40. The maximum atomic E-state index is 12.0. The van der Waals surface area contributed by atoms with E-state index in [0.29, 0.717) is 0 Å². The molecule has 0 aliphatic carbocycles. The molecule has 0 amide bonds. The molecule has 0 aromatic heterocycles. The first-order chi connectivity index (χ1) is 9.31. The van der Waals surface area contributed by atoms with Crippen molar-refractivity contribution in [2.75, 3.05) is 7.11 Å². The standard InChI is InChI=1S/C12H15NO6S/c1-3-10(11(14)15)13-20(17,18)9-6-4-5-8(7-9)12(16)19-2/h4-7,10,13H,3H2,1-2H3,(H,14,15). The van der Waals surface area contributed by atoms with E-state index in [2.05, 4.69) is 9.46 Å². The number of rotatable bonds is 6. The van der Waals surface area contributed by atoms with E-state index < -0.39 is 28.0 Å². The minimum atomic E-state index is -4.02. The predicted molar refractivity (Wildman–Crippen MR) is 69.8 cm³/mol. The lowest BCUT2D eigenvalue weighted by atomic mass is 10.2. The molecule has 1 atom stereocenters. The zero-order chi connectivity index (χ0) is 15.3. The van der Waals surface area contributed by atoms with E-state index in [1.165, 1.54) is 25.3 Å². The molecule has 0 spiro atoms. The molecule has 0 saturated heterocycles. The number of hydrogen-bond acceptors (Lipinski definition) is 5. The number of ether oxygens (including phenoxy) is 1. The van der Waals surface area contributed by atoms with Crippen LogP contribution in [0.4, 0.5) is 0 Å². The van der Waals surface area contributed by atoms with Gasteiger partial charge in [-0.05, 0) is 24.6 Å². The molecule has 110 valence electrons. The van der Waals surface area contributed by atoms with Gasteiger partial charge >= 0.3 is 11.9 Å². The van der Waals surface area contributed by atoms with Gasteiger partial charge in [0.05, 0.1) is 17.6 Å². The van der Waals surface area contributed by atoms with Gasteiger partial charge in [-0.2, -0.15) is 4.72 Å². The largest absolute Gasteiger partial charge is 0.480 e. The van der Waals surface area contributed by atoms with Gasteiger partial charge in [-0.15, -0.1) is 0 Å². The van der Waals surface area contributed by atoms with Crippen molar-refractivity contribution in [3.05, 3.63) is 29.8 Å². The highest BCUT2D eigenvalue weighted by Gasteiger charge is 2.24. The maximum absolute atomic E-state index is 12.0. The van der Waals surface area contributed by atoms with Gasteiger partial charge in [0.15, 0.2) is 0 Å². The molecular weight excluding hydrogens is 286 g/mol. The highest BCUT2D eigenvalue weighted by Crippen LogP contribution is 2.13. The molecule has 0 radical (unpaired) electrons. The van der Waals surface area contributed by atoms with Crippen LogP contribution in [0.3, 0.4) is 0 Å². The van der Waals surface area contributed by atoms with E-state index in [1.54, 1.807) is 6.92 Å². The molecular formula is C12H15NO6S. The number of carboxylic acids is 1. The van der Waals surface area contributed by atoms with E-state index in [9.17, 15) is 18.0 Å². The Bertz CT molecular complexity index is 610. The number of benzene rings is 1. The van der Waals surface area contributed by atoms with Crippen molar-refractivity contribution in [2.45, 2.75) is 24.3 Å². The summed E-state index contributed by atoms with van der Waals surface area (Å²) in [5.74, 6) is -1.94. The van der Waals surface area contributed by atoms with E-state index in [1.807, 2.05) is 0 Å². The first kappa shape index (κ1) is 16.1. The molecule has 0 fully saturated rings. The van der Waals surface area contributed by atoms with Gasteiger partial charge in [-0.1, -0.05) is 13.0 Å². The molecule has 1 rings (SSSR count). The first-order valence-electron chi connectivity index (χ1n) is 5.75. The lowest BCUT2D eigenvalue weighted by Gasteiger charge is -2.13. The highest BCUT2D eigenvalue weighted by molar-refractivity contribution is 7.89. The van der Waals surface area contributed by atoms with Crippen molar-refractivity contribution >= 4 is 22.0 Å². The molecule has 0 heterocycles. The molecule has 1 aromatic carbocycles. The third kappa shape index (κ3) is 3.78. The average Bonchev–Trinajstić information content (AvgIpc) is 2.43. The Hall–Kier alpha value is -1.93. The van der Waals surface area contributed by atoms with Crippen molar-refractivity contribution in [2.24, 2.45) is 0 Å². The number of carboxylic acid groups (broad SMARTS) is 1. The van der Waals surface area contributed by atoms with Crippen LogP contribution in [0.2, 0.25) is 0 Å². The van der Waals surface area contributed by atoms with Gasteiger partial charge in [-0.3, -0.25) is 4.79 Å². The van der Waals surface area contributed by atoms with Crippen LogP contribution in [0.25, 0.3) is 0 Å². The number of nitrogens with one attached hydrogen (secondary N) is 1. The summed E-state index contributed by atoms with van der Waals surface area (Å²) in [5, 5.41) is 8.86. The summed E-state index contributed by atoms with van der Waals surface area (Å²) < 4.78 is 30.6. The van der Waals surface area contributed by atoms with Gasteiger partial charge < -0.3 is 9.84 Å². The summed E-state index contributed by atoms with van der Waals surface area (Å²) in [4.78, 5) is 22.0. The summed E-state index contributed by atoms with van der Waals surface area (Å²) in [6.07, 6.45) is 0.102. The molecule has 2 N–H and O–H groups in total. The Morgan fingerprint density at radius 2 is 2.05 bits per heavy atom. The van der Waals surface area contributed by atoms with Crippen molar-refractivity contribution < 1.29 is 27.9 Å². The number of methoxy groups -OCH3 is 1. The monoisotopic (exact) mass is 301 g/mol. The summed E-state index contributed by atoms with van der Waals surface area (Å²) in [6.45, 7) is 1.55. The maximum Gasteiger partial charge on any atom is 0.337 e. The normalized spacial score (nSPS) is 12.7. The van der Waals surface area contributed by atoms with Crippen LogP contribution in [0.5, 0.6) is 0 Å². The lowest BCUT2D eigenvalue weighted by molar-refractivity contribution is -0.139. The number of aliphatic carboxylic acids is 1. The number of hydrogen-bond donors (Lipinski definition) is 2. The number of sulfonamides is 1. The average molecular weight is 301 g/mol. The fraction of sp³-hybridized carbons (Fsp3) is 0.333. The molecule has 8 heteroatoms. The van der Waals surface area contributed by atoms with Gasteiger partial charge in [0.25, 0.3) is 0 Å². The van der Waals surface area contributed by atoms with Crippen LogP contribution in [-0.4, -0.2) is 38.6 Å². The van der Waals surface area contributed by atoms with Crippen LogP contribution < -0.4 is 4.72 Å². The second-order valence-corrected chi connectivity index (χ2v) is 5.65. The second-order valence-electron chi connectivity index (χ2n) is 3.94. The van der Waals surface area contributed by atoms with Gasteiger partial charge in [0, 0.05) is 0 Å². The summed E-state index contributed by atoms with van der Waals surface area (Å²) in [5.41, 5.74) is 0.0683. The highest BCUT2D eigenvalue weighted by atomic mass is 32.2. The molecule has 1 unspecified atom stereocenters. The Balaban J connectivity index is 3.10. The third-order valence-electron chi connectivity index (χ3n) is 2.57. The zero-order valence-electron chi connectivity index (χ0n) is 11.0. The molecule has 0 bridgehead atoms. The molecule has 7 nitrogen and oxygen atoms in total. The number of esters is 1. The predicted octanol–water partition coefficient (Wildman–Crippen LogP) is 0.615. The van der Waals surface area contributed by atoms with Gasteiger partial charge in [0.1, 0.15) is 6.04 Å². The Kier molecular flexibility index (Phi) is 5.23. The minimum absolute atomic E-state index is 0.0683. The minimum Gasteiger partial charge on any atom is -0.480 e. The molecule has 0 saturated carbocycles. The van der Waals surface area contributed by atoms with Crippen molar-refractivity contribution in [3.8, 4) is 0 Å². The molecule has 20 heavy (non-hydrogen) atoms. The summed E-state index contributed by atoms with van der Waals surface area (Å²) >= 11 is 0. The van der Waals surface area contributed by atoms with Gasteiger partial charge in [-0.25, -0.2) is 13.2 Å². The van der Waals surface area contributed by atoms with Crippen LogP contribution in [0.1, 0.15) is 23.7 Å². The zero-order valence-corrected chi connectivity index (χ0v) is 11.8. The topological polar surface area (TPSA) is 110 Å². The smallest absolute Gasteiger partial charge is 0.337 e.